The smallest absolute Gasteiger partial charge is 0.266 e. The number of hydrogen-bond acceptors (Lipinski definition) is 2. The summed E-state index contributed by atoms with van der Waals surface area (Å²) < 4.78 is 53.9. The minimum atomic E-state index is -1.13. The lowest BCUT2D eigenvalue weighted by Crippen LogP contribution is -2.50. The van der Waals surface area contributed by atoms with Crippen molar-refractivity contribution in [2.24, 2.45) is 5.73 Å². The van der Waals surface area contributed by atoms with Gasteiger partial charge in [0.1, 0.15) is 23.3 Å². The van der Waals surface area contributed by atoms with Gasteiger partial charge >= 0.3 is 0 Å². The minimum absolute atomic E-state index is 0.00116. The van der Waals surface area contributed by atoms with Crippen LogP contribution in [0.4, 0.5) is 17.6 Å². The van der Waals surface area contributed by atoms with E-state index in [4.69, 9.17) is 5.73 Å². The van der Waals surface area contributed by atoms with Crippen molar-refractivity contribution in [3.05, 3.63) is 83.1 Å². The molecule has 138 valence electrons. The third-order valence-corrected chi connectivity index (χ3v) is 3.74. The van der Waals surface area contributed by atoms with Crippen molar-refractivity contribution in [1.82, 2.24) is 5.32 Å². The number of halogens is 4. The van der Waals surface area contributed by atoms with Gasteiger partial charge in [0.05, 0.1) is 5.70 Å². The van der Waals surface area contributed by atoms with Crippen molar-refractivity contribution in [2.75, 3.05) is 0 Å². The van der Waals surface area contributed by atoms with E-state index in [0.717, 1.165) is 36.4 Å². The molecule has 2 aromatic rings. The first-order valence-electron chi connectivity index (χ1n) is 7.73. The van der Waals surface area contributed by atoms with Gasteiger partial charge in [-0.1, -0.05) is 6.58 Å². The molecule has 0 radical (unpaired) electrons. The summed E-state index contributed by atoms with van der Waals surface area (Å²) in [6, 6.07) is 5.94. The first-order chi connectivity index (χ1) is 12.1. The maximum atomic E-state index is 13.5. The highest BCUT2D eigenvalue weighted by Gasteiger charge is 2.28. The zero-order valence-electron chi connectivity index (χ0n) is 14.1. The number of benzene rings is 2. The molecule has 0 saturated heterocycles. The number of hydrogen-bond donors (Lipinski definition) is 2. The standard InChI is InChI=1S/C19H18F4N2O/c1-11(24)18(26)25-19(2,9-12-3-14(20)7-15(21)4-12)10-13-5-16(22)8-17(23)6-13/h3-8H,1,9-10,24H2,2H3,(H,25,26). The molecule has 0 bridgehead atoms. The highest BCUT2D eigenvalue weighted by Crippen LogP contribution is 2.22. The van der Waals surface area contributed by atoms with Crippen LogP contribution in [-0.2, 0) is 17.6 Å². The fraction of sp³-hybridized carbons (Fsp3) is 0.211. The molecule has 0 aliphatic heterocycles. The van der Waals surface area contributed by atoms with Crippen LogP contribution in [0.1, 0.15) is 18.1 Å². The van der Waals surface area contributed by atoms with Gasteiger partial charge < -0.3 is 11.1 Å². The quantitative estimate of drug-likeness (QED) is 0.608. The van der Waals surface area contributed by atoms with Gasteiger partial charge in [0, 0.05) is 17.7 Å². The van der Waals surface area contributed by atoms with Gasteiger partial charge in [-0.3, -0.25) is 4.79 Å². The Morgan fingerprint density at radius 3 is 1.58 bits per heavy atom. The minimum Gasteiger partial charge on any atom is -0.395 e. The van der Waals surface area contributed by atoms with E-state index >= 15 is 0 Å². The second-order valence-electron chi connectivity index (χ2n) is 6.45. The lowest BCUT2D eigenvalue weighted by molar-refractivity contribution is -0.119. The normalized spacial score (nSPS) is 11.3. The largest absolute Gasteiger partial charge is 0.395 e. The van der Waals surface area contributed by atoms with Crippen LogP contribution in [0, 0.1) is 23.3 Å². The van der Waals surface area contributed by atoms with E-state index in [1.807, 2.05) is 0 Å². The van der Waals surface area contributed by atoms with Crippen LogP contribution < -0.4 is 11.1 Å². The molecule has 2 aromatic carbocycles. The van der Waals surface area contributed by atoms with E-state index in [1.54, 1.807) is 6.92 Å². The van der Waals surface area contributed by atoms with Crippen molar-refractivity contribution in [3.63, 3.8) is 0 Å². The van der Waals surface area contributed by atoms with Crippen molar-refractivity contribution >= 4 is 5.91 Å². The van der Waals surface area contributed by atoms with Crippen LogP contribution in [0.15, 0.2) is 48.7 Å². The Bertz CT molecular complexity index is 757. The summed E-state index contributed by atoms with van der Waals surface area (Å²) in [7, 11) is 0. The number of carbonyl (C=O) groups excluding carboxylic acids is 1. The zero-order chi connectivity index (χ0) is 19.5. The molecular weight excluding hydrogens is 348 g/mol. The Morgan fingerprint density at radius 1 is 0.923 bits per heavy atom. The van der Waals surface area contributed by atoms with E-state index < -0.39 is 34.7 Å². The van der Waals surface area contributed by atoms with Crippen molar-refractivity contribution in [3.8, 4) is 0 Å². The number of nitrogens with one attached hydrogen (secondary N) is 1. The van der Waals surface area contributed by atoms with Crippen LogP contribution in [0.5, 0.6) is 0 Å². The van der Waals surface area contributed by atoms with E-state index in [0.29, 0.717) is 0 Å². The molecule has 3 nitrogen and oxygen atoms in total. The number of nitrogens with two attached hydrogens (primary N) is 1. The van der Waals surface area contributed by atoms with Crippen LogP contribution in [-0.4, -0.2) is 11.4 Å². The molecule has 0 fully saturated rings. The first kappa shape index (κ1) is 19.5. The second kappa shape index (κ2) is 7.59. The van der Waals surface area contributed by atoms with E-state index in [1.165, 1.54) is 0 Å². The molecule has 0 atom stereocenters. The third kappa shape index (κ3) is 5.34. The van der Waals surface area contributed by atoms with Crippen LogP contribution >= 0.6 is 0 Å². The Hall–Kier alpha value is -2.83. The molecule has 0 unspecified atom stereocenters. The number of amides is 1. The Balaban J connectivity index is 2.37. The van der Waals surface area contributed by atoms with Crippen LogP contribution in [0.3, 0.4) is 0 Å². The fourth-order valence-electron chi connectivity index (χ4n) is 2.83. The van der Waals surface area contributed by atoms with Crippen LogP contribution in [0.2, 0.25) is 0 Å². The van der Waals surface area contributed by atoms with Gasteiger partial charge in [-0.15, -0.1) is 0 Å². The third-order valence-electron chi connectivity index (χ3n) is 3.74. The molecule has 26 heavy (non-hydrogen) atoms. The molecule has 7 heteroatoms. The number of carbonyl (C=O) groups is 1. The van der Waals surface area contributed by atoms with Gasteiger partial charge in [-0.05, 0) is 55.2 Å². The Kier molecular flexibility index (Phi) is 5.69. The second-order valence-corrected chi connectivity index (χ2v) is 6.45. The predicted molar refractivity (Wildman–Crippen MR) is 90.0 cm³/mol. The highest BCUT2D eigenvalue weighted by molar-refractivity contribution is 5.92. The van der Waals surface area contributed by atoms with E-state index in [9.17, 15) is 22.4 Å². The van der Waals surface area contributed by atoms with Crippen molar-refractivity contribution < 1.29 is 22.4 Å². The summed E-state index contributed by atoms with van der Waals surface area (Å²) in [5.41, 5.74) is 4.53. The first-order valence-corrected chi connectivity index (χ1v) is 7.73. The topological polar surface area (TPSA) is 55.1 Å². The lowest BCUT2D eigenvalue weighted by Gasteiger charge is -2.31. The predicted octanol–water partition coefficient (Wildman–Crippen LogP) is 3.38. The van der Waals surface area contributed by atoms with E-state index in [-0.39, 0.29) is 29.7 Å². The summed E-state index contributed by atoms with van der Waals surface area (Å²) in [6.45, 7) is 4.92. The summed E-state index contributed by atoms with van der Waals surface area (Å²) in [5, 5.41) is 2.61. The SMILES string of the molecule is C=C(N)C(=O)NC(C)(Cc1cc(F)cc(F)c1)Cc1cc(F)cc(F)c1. The van der Waals surface area contributed by atoms with Gasteiger partial charge in [0.2, 0.25) is 0 Å². The summed E-state index contributed by atoms with van der Waals surface area (Å²) in [6.07, 6.45) is -0.00232. The lowest BCUT2D eigenvalue weighted by atomic mass is 9.86. The molecule has 0 spiro atoms. The summed E-state index contributed by atoms with van der Waals surface area (Å²) >= 11 is 0. The fourth-order valence-corrected chi connectivity index (χ4v) is 2.83. The van der Waals surface area contributed by atoms with Crippen LogP contribution in [0.25, 0.3) is 0 Å². The van der Waals surface area contributed by atoms with Crippen molar-refractivity contribution in [2.45, 2.75) is 25.3 Å². The molecule has 1 amide bonds. The maximum absolute atomic E-state index is 13.5. The highest BCUT2D eigenvalue weighted by atomic mass is 19.1. The molecule has 0 heterocycles. The van der Waals surface area contributed by atoms with Gasteiger partial charge in [-0.2, -0.15) is 0 Å². The molecular formula is C19H18F4N2O. The molecule has 0 aliphatic carbocycles. The average Bonchev–Trinajstić information content (AvgIpc) is 2.43. The maximum Gasteiger partial charge on any atom is 0.266 e. The van der Waals surface area contributed by atoms with Gasteiger partial charge in [0.15, 0.2) is 0 Å². The Labute approximate surface area is 148 Å². The van der Waals surface area contributed by atoms with E-state index in [2.05, 4.69) is 11.9 Å². The monoisotopic (exact) mass is 366 g/mol. The molecule has 3 N–H and O–H groups in total. The molecule has 0 saturated carbocycles. The van der Waals surface area contributed by atoms with Gasteiger partial charge in [0.25, 0.3) is 5.91 Å². The molecule has 0 aromatic heterocycles. The molecule has 2 rings (SSSR count). The summed E-state index contributed by atoms with van der Waals surface area (Å²) in [4.78, 5) is 12.0. The zero-order valence-corrected chi connectivity index (χ0v) is 14.1. The van der Waals surface area contributed by atoms with Gasteiger partial charge in [-0.25, -0.2) is 17.6 Å². The summed E-state index contributed by atoms with van der Waals surface area (Å²) in [5.74, 6) is -3.76. The van der Waals surface area contributed by atoms with Crippen molar-refractivity contribution in [1.29, 1.82) is 0 Å². The average molecular weight is 366 g/mol. The Morgan fingerprint density at radius 2 is 1.27 bits per heavy atom. The molecule has 0 aliphatic rings. The number of rotatable bonds is 6.